The number of guanidine groups is 1. The third kappa shape index (κ3) is 11.1. The molecule has 7 nitrogen and oxygen atoms in total. The SMILES string of the molecule is CCNC(=NCC(C)(O)CN1CCOCC1)NCCN(C)Cc1ccccc1.I. The summed E-state index contributed by atoms with van der Waals surface area (Å²) < 4.78 is 5.37. The van der Waals surface area contributed by atoms with Crippen LogP contribution in [0.3, 0.4) is 0 Å². The van der Waals surface area contributed by atoms with E-state index in [-0.39, 0.29) is 24.0 Å². The summed E-state index contributed by atoms with van der Waals surface area (Å²) in [6, 6.07) is 10.5. The number of aliphatic imine (C=N–C) groups is 1. The molecule has 0 spiro atoms. The number of nitrogens with zero attached hydrogens (tertiary/aromatic N) is 3. The molecule has 1 aliphatic rings. The van der Waals surface area contributed by atoms with E-state index in [9.17, 15) is 5.11 Å². The first-order chi connectivity index (χ1) is 13.5. The molecule has 0 aromatic heterocycles. The van der Waals surface area contributed by atoms with Crippen molar-refractivity contribution in [1.29, 1.82) is 0 Å². The minimum absolute atomic E-state index is 0. The number of hydrogen-bond donors (Lipinski definition) is 3. The number of benzene rings is 1. The summed E-state index contributed by atoms with van der Waals surface area (Å²) in [5.41, 5.74) is 0.453. The van der Waals surface area contributed by atoms with Gasteiger partial charge in [-0.1, -0.05) is 30.3 Å². The summed E-state index contributed by atoms with van der Waals surface area (Å²) in [4.78, 5) is 9.11. The Bertz CT molecular complexity index is 580. The number of nitrogens with one attached hydrogen (secondary N) is 2. The molecule has 166 valence electrons. The van der Waals surface area contributed by atoms with Gasteiger partial charge in [-0.25, -0.2) is 0 Å². The lowest BCUT2D eigenvalue weighted by atomic mass is 10.1. The summed E-state index contributed by atoms with van der Waals surface area (Å²) in [7, 11) is 2.12. The Morgan fingerprint density at radius 2 is 1.93 bits per heavy atom. The summed E-state index contributed by atoms with van der Waals surface area (Å²) in [5.74, 6) is 0.748. The van der Waals surface area contributed by atoms with Crippen LogP contribution in [-0.4, -0.2) is 92.5 Å². The van der Waals surface area contributed by atoms with E-state index < -0.39 is 5.60 Å². The van der Waals surface area contributed by atoms with E-state index in [2.05, 4.69) is 56.7 Å². The first-order valence-corrected chi connectivity index (χ1v) is 10.3. The van der Waals surface area contributed by atoms with Gasteiger partial charge in [0, 0.05) is 45.8 Å². The van der Waals surface area contributed by atoms with Gasteiger partial charge in [0.15, 0.2) is 5.96 Å². The van der Waals surface area contributed by atoms with Gasteiger partial charge in [-0.2, -0.15) is 0 Å². The highest BCUT2D eigenvalue weighted by Gasteiger charge is 2.25. The van der Waals surface area contributed by atoms with Crippen molar-refractivity contribution in [2.24, 2.45) is 4.99 Å². The van der Waals surface area contributed by atoms with Gasteiger partial charge < -0.3 is 25.4 Å². The van der Waals surface area contributed by atoms with Crippen molar-refractivity contribution >= 4 is 29.9 Å². The van der Waals surface area contributed by atoms with Crippen molar-refractivity contribution in [1.82, 2.24) is 20.4 Å². The molecule has 1 aromatic rings. The van der Waals surface area contributed by atoms with Gasteiger partial charge in [0.2, 0.25) is 0 Å². The Kier molecular flexibility index (Phi) is 12.7. The predicted octanol–water partition coefficient (Wildman–Crippen LogP) is 1.37. The lowest BCUT2D eigenvalue weighted by Crippen LogP contribution is -2.48. The number of aliphatic hydroxyl groups is 1. The number of rotatable bonds is 10. The summed E-state index contributed by atoms with van der Waals surface area (Å²) in [6.07, 6.45) is 0. The van der Waals surface area contributed by atoms with Gasteiger partial charge in [0.1, 0.15) is 0 Å². The van der Waals surface area contributed by atoms with Crippen molar-refractivity contribution < 1.29 is 9.84 Å². The zero-order valence-corrected chi connectivity index (χ0v) is 20.4. The van der Waals surface area contributed by atoms with E-state index in [0.717, 1.165) is 58.4 Å². The highest BCUT2D eigenvalue weighted by atomic mass is 127. The molecule has 8 heteroatoms. The molecule has 0 saturated carbocycles. The van der Waals surface area contributed by atoms with Crippen LogP contribution < -0.4 is 10.6 Å². The molecular weight excluding hydrogens is 481 g/mol. The van der Waals surface area contributed by atoms with Crippen LogP contribution in [0.4, 0.5) is 0 Å². The van der Waals surface area contributed by atoms with Gasteiger partial charge in [-0.3, -0.25) is 9.89 Å². The van der Waals surface area contributed by atoms with Gasteiger partial charge in [0.05, 0.1) is 25.4 Å². The molecule has 1 unspecified atom stereocenters. The van der Waals surface area contributed by atoms with Crippen LogP contribution in [0.5, 0.6) is 0 Å². The molecular formula is C21H38IN5O2. The van der Waals surface area contributed by atoms with Gasteiger partial charge in [0.25, 0.3) is 0 Å². The summed E-state index contributed by atoms with van der Waals surface area (Å²) in [5, 5.41) is 17.3. The molecule has 0 aliphatic carbocycles. The fraction of sp³-hybridized carbons (Fsp3) is 0.667. The van der Waals surface area contributed by atoms with E-state index in [0.29, 0.717) is 13.1 Å². The minimum atomic E-state index is -0.857. The van der Waals surface area contributed by atoms with Gasteiger partial charge in [-0.05, 0) is 26.5 Å². The molecule has 3 N–H and O–H groups in total. The Balaban J connectivity index is 0.00000420. The number of likely N-dealkylation sites (N-methyl/N-ethyl adjacent to an activating group) is 1. The molecule has 1 fully saturated rings. The van der Waals surface area contributed by atoms with E-state index in [1.807, 2.05) is 19.9 Å². The van der Waals surface area contributed by atoms with Crippen LogP contribution in [0, 0.1) is 0 Å². The van der Waals surface area contributed by atoms with Crippen molar-refractivity contribution in [3.05, 3.63) is 35.9 Å². The fourth-order valence-electron chi connectivity index (χ4n) is 3.22. The smallest absolute Gasteiger partial charge is 0.191 e. The Labute approximate surface area is 192 Å². The average molecular weight is 519 g/mol. The Morgan fingerprint density at radius 1 is 1.24 bits per heavy atom. The van der Waals surface area contributed by atoms with Crippen molar-refractivity contribution in [2.45, 2.75) is 26.0 Å². The van der Waals surface area contributed by atoms with Crippen LogP contribution in [0.1, 0.15) is 19.4 Å². The first-order valence-electron chi connectivity index (χ1n) is 10.3. The standard InChI is InChI=1S/C21H37N5O2.HI/c1-4-22-20(23-10-11-25(3)16-19-8-6-5-7-9-19)24-17-21(2,27)18-26-12-14-28-15-13-26;/h5-9,27H,4,10-18H2,1-3H3,(H2,22,23,24);1H. The fourth-order valence-corrected chi connectivity index (χ4v) is 3.22. The molecule has 1 heterocycles. The second-order valence-electron chi connectivity index (χ2n) is 7.73. The van der Waals surface area contributed by atoms with Gasteiger partial charge in [-0.15, -0.1) is 24.0 Å². The molecule has 0 radical (unpaired) electrons. The average Bonchev–Trinajstić information content (AvgIpc) is 2.67. The molecule has 0 bridgehead atoms. The zero-order valence-electron chi connectivity index (χ0n) is 18.1. The molecule has 1 saturated heterocycles. The van der Waals surface area contributed by atoms with E-state index in [1.54, 1.807) is 0 Å². The van der Waals surface area contributed by atoms with E-state index in [1.165, 1.54) is 5.56 Å². The molecule has 1 atom stereocenters. The Morgan fingerprint density at radius 3 is 2.59 bits per heavy atom. The third-order valence-electron chi connectivity index (χ3n) is 4.67. The number of hydrogen-bond acceptors (Lipinski definition) is 5. The van der Waals surface area contributed by atoms with Crippen molar-refractivity contribution in [3.63, 3.8) is 0 Å². The number of β-amino-alcohol motifs (C(OH)–C–C–N with tert-alkyl or cyclic N) is 1. The number of morpholine rings is 1. The number of halogens is 1. The highest BCUT2D eigenvalue weighted by Crippen LogP contribution is 2.09. The van der Waals surface area contributed by atoms with Crippen LogP contribution >= 0.6 is 24.0 Å². The normalized spacial score (nSPS) is 17.5. The quantitative estimate of drug-likeness (QED) is 0.247. The lowest BCUT2D eigenvalue weighted by molar-refractivity contribution is -0.0180. The highest BCUT2D eigenvalue weighted by molar-refractivity contribution is 14.0. The lowest BCUT2D eigenvalue weighted by Gasteiger charge is -2.33. The minimum Gasteiger partial charge on any atom is -0.387 e. The topological polar surface area (TPSA) is 72.4 Å². The first kappa shape index (κ1) is 26.1. The van der Waals surface area contributed by atoms with E-state index in [4.69, 9.17) is 4.74 Å². The summed E-state index contributed by atoms with van der Waals surface area (Å²) >= 11 is 0. The predicted molar refractivity (Wildman–Crippen MR) is 130 cm³/mol. The molecule has 1 aromatic carbocycles. The molecule has 29 heavy (non-hydrogen) atoms. The molecule has 1 aliphatic heterocycles. The third-order valence-corrected chi connectivity index (χ3v) is 4.67. The van der Waals surface area contributed by atoms with Crippen LogP contribution in [-0.2, 0) is 11.3 Å². The Hall–Kier alpha value is -0.940. The van der Waals surface area contributed by atoms with Crippen molar-refractivity contribution in [2.75, 3.05) is 66.1 Å². The summed E-state index contributed by atoms with van der Waals surface area (Å²) in [6.45, 7) is 11.5. The van der Waals surface area contributed by atoms with Crippen LogP contribution in [0.15, 0.2) is 35.3 Å². The molecule has 2 rings (SSSR count). The van der Waals surface area contributed by atoms with E-state index >= 15 is 0 Å². The maximum absolute atomic E-state index is 10.7. The second kappa shape index (κ2) is 14.1. The van der Waals surface area contributed by atoms with Crippen LogP contribution in [0.2, 0.25) is 0 Å². The molecule has 0 amide bonds. The van der Waals surface area contributed by atoms with Crippen LogP contribution in [0.25, 0.3) is 0 Å². The maximum Gasteiger partial charge on any atom is 0.191 e. The zero-order chi connectivity index (χ0) is 20.2. The largest absolute Gasteiger partial charge is 0.387 e. The number of ether oxygens (including phenoxy) is 1. The van der Waals surface area contributed by atoms with Gasteiger partial charge >= 0.3 is 0 Å². The monoisotopic (exact) mass is 519 g/mol. The van der Waals surface area contributed by atoms with Crippen molar-refractivity contribution in [3.8, 4) is 0 Å². The second-order valence-corrected chi connectivity index (χ2v) is 7.73. The maximum atomic E-state index is 10.7.